The van der Waals surface area contributed by atoms with Crippen LogP contribution in [0, 0.1) is 6.92 Å². The van der Waals surface area contributed by atoms with Gasteiger partial charge in [-0.1, -0.05) is 12.1 Å². The molecule has 3 rings (SSSR count). The minimum Gasteiger partial charge on any atom is -0.261 e. The molecule has 2 heterocycles. The second-order valence-corrected chi connectivity index (χ2v) is 5.70. The number of hydrogen-bond acceptors (Lipinski definition) is 5. The molecule has 2 aromatic heterocycles. The van der Waals surface area contributed by atoms with Crippen LogP contribution in [-0.4, -0.2) is 16.2 Å². The molecule has 0 saturated heterocycles. The van der Waals surface area contributed by atoms with Crippen LogP contribution in [0.4, 0.5) is 19.0 Å². The molecule has 118 valence electrons. The third-order valence-corrected chi connectivity index (χ3v) is 4.06. The lowest BCUT2D eigenvalue weighted by atomic mass is 10.2. The molecule has 1 aromatic carbocycles. The molecule has 0 aliphatic rings. The Labute approximate surface area is 133 Å². The minimum absolute atomic E-state index is 0.0217. The first-order valence-corrected chi connectivity index (χ1v) is 7.50. The maximum Gasteiger partial charge on any atom is 0.451 e. The average molecular weight is 336 g/mol. The lowest BCUT2D eigenvalue weighted by Crippen LogP contribution is -2.12. The molecule has 3 aromatic rings. The predicted octanol–water partition coefficient (Wildman–Crippen LogP) is 4.46. The summed E-state index contributed by atoms with van der Waals surface area (Å²) in [5, 5.41) is 6.38. The number of aryl methyl sites for hydroxylation is 1. The molecule has 0 bridgehead atoms. The summed E-state index contributed by atoms with van der Waals surface area (Å²) in [6.45, 7) is 1.93. The predicted molar refractivity (Wildman–Crippen MR) is 84.8 cm³/mol. The Kier molecular flexibility index (Phi) is 3.99. The molecule has 0 radical (unpaired) electrons. The van der Waals surface area contributed by atoms with Gasteiger partial charge in [-0.25, -0.2) is 9.97 Å². The molecule has 1 N–H and O–H groups in total. The molecule has 0 amide bonds. The summed E-state index contributed by atoms with van der Waals surface area (Å²) in [5.74, 6) is -1.17. The van der Waals surface area contributed by atoms with Gasteiger partial charge in [-0.3, -0.25) is 5.43 Å². The fraction of sp³-hybridized carbons (Fsp3) is 0.133. The summed E-state index contributed by atoms with van der Waals surface area (Å²) in [7, 11) is 0. The fourth-order valence-electron chi connectivity index (χ4n) is 1.96. The van der Waals surface area contributed by atoms with E-state index in [4.69, 9.17) is 0 Å². The van der Waals surface area contributed by atoms with E-state index < -0.39 is 12.0 Å². The zero-order valence-corrected chi connectivity index (χ0v) is 12.7. The number of hydrazone groups is 1. The van der Waals surface area contributed by atoms with Crippen molar-refractivity contribution < 1.29 is 13.2 Å². The largest absolute Gasteiger partial charge is 0.451 e. The number of fused-ring (bicyclic) bond motifs is 1. The topological polar surface area (TPSA) is 50.2 Å². The van der Waals surface area contributed by atoms with Gasteiger partial charge in [0.1, 0.15) is 0 Å². The van der Waals surface area contributed by atoms with Gasteiger partial charge in [0.05, 0.1) is 11.7 Å². The number of nitrogens with zero attached hydrogens (tertiary/aromatic N) is 3. The first-order chi connectivity index (χ1) is 10.9. The number of thiophene rings is 1. The van der Waals surface area contributed by atoms with Gasteiger partial charge in [0, 0.05) is 10.3 Å². The molecule has 23 heavy (non-hydrogen) atoms. The highest BCUT2D eigenvalue weighted by Crippen LogP contribution is 2.30. The van der Waals surface area contributed by atoms with E-state index in [-0.39, 0.29) is 11.3 Å². The number of rotatable bonds is 3. The molecule has 0 aliphatic carbocycles. The Morgan fingerprint density at radius 3 is 2.65 bits per heavy atom. The summed E-state index contributed by atoms with van der Waals surface area (Å²) in [6, 6.07) is 8.41. The maximum absolute atomic E-state index is 12.9. The van der Waals surface area contributed by atoms with Crippen LogP contribution in [0.3, 0.4) is 0 Å². The summed E-state index contributed by atoms with van der Waals surface area (Å²) >= 11 is 1.49. The van der Waals surface area contributed by atoms with Crippen LogP contribution >= 0.6 is 11.3 Å². The van der Waals surface area contributed by atoms with E-state index in [2.05, 4.69) is 20.5 Å². The average Bonchev–Trinajstić information content (AvgIpc) is 2.91. The van der Waals surface area contributed by atoms with Crippen molar-refractivity contribution in [3.63, 3.8) is 0 Å². The number of para-hydroxylation sites is 1. The van der Waals surface area contributed by atoms with Crippen LogP contribution in [0.25, 0.3) is 10.9 Å². The van der Waals surface area contributed by atoms with Crippen molar-refractivity contribution in [3.05, 3.63) is 52.0 Å². The molecule has 0 unspecified atom stereocenters. The van der Waals surface area contributed by atoms with E-state index in [1.165, 1.54) is 17.4 Å². The molecular weight excluding hydrogens is 325 g/mol. The lowest BCUT2D eigenvalue weighted by Gasteiger charge is -2.09. The van der Waals surface area contributed by atoms with Crippen molar-refractivity contribution in [3.8, 4) is 0 Å². The molecule has 8 heteroatoms. The summed E-state index contributed by atoms with van der Waals surface area (Å²) in [5.41, 5.74) is 3.84. The quantitative estimate of drug-likeness (QED) is 0.567. The number of anilines is 1. The third kappa shape index (κ3) is 3.31. The molecule has 0 spiro atoms. The summed E-state index contributed by atoms with van der Waals surface area (Å²) in [4.78, 5) is 8.03. The van der Waals surface area contributed by atoms with Crippen LogP contribution in [0.5, 0.6) is 0 Å². The van der Waals surface area contributed by atoms with Gasteiger partial charge in [-0.15, -0.1) is 11.3 Å². The van der Waals surface area contributed by atoms with Crippen LogP contribution in [0.1, 0.15) is 16.3 Å². The standard InChI is InChI=1S/C15H11F3N4S/c1-9-6-7-23-12(9)8-19-22-13-10-4-2-3-5-11(10)20-14(21-13)15(16,17)18/h2-8H,1H3,(H,20,21,22)/b19-8+. The van der Waals surface area contributed by atoms with Gasteiger partial charge in [0.15, 0.2) is 5.82 Å². The molecule has 0 atom stereocenters. The van der Waals surface area contributed by atoms with Crippen LogP contribution in [0.15, 0.2) is 40.8 Å². The Bertz CT molecular complexity index is 871. The van der Waals surface area contributed by atoms with E-state index in [1.807, 2.05) is 18.4 Å². The Balaban J connectivity index is 1.98. The van der Waals surface area contributed by atoms with Gasteiger partial charge in [0.25, 0.3) is 0 Å². The van der Waals surface area contributed by atoms with Gasteiger partial charge in [0.2, 0.25) is 5.82 Å². The number of nitrogens with one attached hydrogen (secondary N) is 1. The van der Waals surface area contributed by atoms with Crippen molar-refractivity contribution in [2.45, 2.75) is 13.1 Å². The Morgan fingerprint density at radius 2 is 1.96 bits per heavy atom. The van der Waals surface area contributed by atoms with E-state index in [1.54, 1.807) is 24.4 Å². The molecular formula is C15H11F3N4S. The Morgan fingerprint density at radius 1 is 1.17 bits per heavy atom. The smallest absolute Gasteiger partial charge is 0.261 e. The SMILES string of the molecule is Cc1ccsc1/C=N/Nc1nc(C(F)(F)F)nc2ccccc12. The highest BCUT2D eigenvalue weighted by Gasteiger charge is 2.35. The second kappa shape index (κ2) is 5.96. The van der Waals surface area contributed by atoms with Crippen molar-refractivity contribution >= 4 is 34.3 Å². The molecule has 0 saturated carbocycles. The normalized spacial score (nSPS) is 12.2. The number of hydrogen-bond donors (Lipinski definition) is 1. The van der Waals surface area contributed by atoms with Crippen LogP contribution in [0.2, 0.25) is 0 Å². The third-order valence-electron chi connectivity index (χ3n) is 3.11. The first kappa shape index (κ1) is 15.4. The fourth-order valence-corrected chi connectivity index (χ4v) is 2.74. The first-order valence-electron chi connectivity index (χ1n) is 6.62. The lowest BCUT2D eigenvalue weighted by molar-refractivity contribution is -0.144. The van der Waals surface area contributed by atoms with Gasteiger partial charge in [-0.2, -0.15) is 18.3 Å². The minimum atomic E-state index is -4.62. The second-order valence-electron chi connectivity index (χ2n) is 4.75. The van der Waals surface area contributed by atoms with Crippen molar-refractivity contribution in [1.82, 2.24) is 9.97 Å². The zero-order valence-electron chi connectivity index (χ0n) is 11.9. The molecule has 0 fully saturated rings. The maximum atomic E-state index is 12.9. The highest BCUT2D eigenvalue weighted by molar-refractivity contribution is 7.11. The van der Waals surface area contributed by atoms with Crippen molar-refractivity contribution in [1.29, 1.82) is 0 Å². The van der Waals surface area contributed by atoms with E-state index in [0.29, 0.717) is 5.39 Å². The summed E-state index contributed by atoms with van der Waals surface area (Å²) < 4.78 is 38.7. The van der Waals surface area contributed by atoms with Crippen LogP contribution in [-0.2, 0) is 6.18 Å². The number of aromatic nitrogens is 2. The van der Waals surface area contributed by atoms with Gasteiger partial charge >= 0.3 is 6.18 Å². The Hall–Kier alpha value is -2.48. The van der Waals surface area contributed by atoms with Crippen LogP contribution < -0.4 is 5.43 Å². The molecule has 0 aliphatic heterocycles. The number of benzene rings is 1. The van der Waals surface area contributed by atoms with Crippen molar-refractivity contribution in [2.24, 2.45) is 5.10 Å². The van der Waals surface area contributed by atoms with Gasteiger partial charge in [-0.05, 0) is 36.1 Å². The van der Waals surface area contributed by atoms with Crippen molar-refractivity contribution in [2.75, 3.05) is 5.43 Å². The van der Waals surface area contributed by atoms with E-state index >= 15 is 0 Å². The number of halogens is 3. The monoisotopic (exact) mass is 336 g/mol. The van der Waals surface area contributed by atoms with E-state index in [0.717, 1.165) is 10.4 Å². The molecule has 4 nitrogen and oxygen atoms in total. The van der Waals surface area contributed by atoms with E-state index in [9.17, 15) is 13.2 Å². The number of alkyl halides is 3. The zero-order chi connectivity index (χ0) is 16.4. The summed E-state index contributed by atoms with van der Waals surface area (Å²) in [6.07, 6.45) is -3.06. The van der Waals surface area contributed by atoms with Gasteiger partial charge < -0.3 is 0 Å². The highest BCUT2D eigenvalue weighted by atomic mass is 32.1.